The number of carboxylic acid groups (broad SMARTS) is 1. The van der Waals surface area contributed by atoms with Crippen molar-refractivity contribution in [2.45, 2.75) is 11.3 Å². The maximum atomic E-state index is 10.6. The molecule has 0 radical (unpaired) electrons. The van der Waals surface area contributed by atoms with E-state index in [0.717, 1.165) is 11.3 Å². The van der Waals surface area contributed by atoms with Gasteiger partial charge in [0.15, 0.2) is 0 Å². The molecule has 0 saturated carbocycles. The van der Waals surface area contributed by atoms with Crippen molar-refractivity contribution in [3.8, 4) is 11.3 Å². The van der Waals surface area contributed by atoms with Gasteiger partial charge in [-0.15, -0.1) is 23.1 Å². The van der Waals surface area contributed by atoms with Crippen LogP contribution in [0.3, 0.4) is 0 Å². The molecule has 5 heteroatoms. The van der Waals surface area contributed by atoms with E-state index in [2.05, 4.69) is 4.98 Å². The lowest BCUT2D eigenvalue weighted by atomic mass is 10.2. The number of rotatable bonds is 4. The molecule has 0 aliphatic carbocycles. The summed E-state index contributed by atoms with van der Waals surface area (Å²) in [5.74, 6) is -0.844. The second-order valence-electron chi connectivity index (χ2n) is 3.43. The molecule has 0 unspecified atom stereocenters. The number of thiazole rings is 1. The van der Waals surface area contributed by atoms with Crippen LogP contribution in [0.1, 0.15) is 5.01 Å². The molecule has 0 aliphatic heterocycles. The molecule has 1 N–H and O–H groups in total. The van der Waals surface area contributed by atoms with E-state index in [9.17, 15) is 4.79 Å². The Balaban J connectivity index is 2.21. The van der Waals surface area contributed by atoms with Gasteiger partial charge in [-0.1, -0.05) is 12.1 Å². The first kappa shape index (κ1) is 12.1. The van der Waals surface area contributed by atoms with Crippen molar-refractivity contribution in [1.29, 1.82) is 0 Å². The van der Waals surface area contributed by atoms with Gasteiger partial charge in [0.25, 0.3) is 0 Å². The zero-order valence-corrected chi connectivity index (χ0v) is 10.8. The minimum absolute atomic E-state index is 0.00639. The van der Waals surface area contributed by atoms with Crippen molar-refractivity contribution in [3.05, 3.63) is 34.7 Å². The summed E-state index contributed by atoms with van der Waals surface area (Å²) in [7, 11) is 0. The van der Waals surface area contributed by atoms with Crippen molar-refractivity contribution in [2.75, 3.05) is 6.26 Å². The summed E-state index contributed by atoms with van der Waals surface area (Å²) < 4.78 is 0. The van der Waals surface area contributed by atoms with Crippen LogP contribution in [0.4, 0.5) is 0 Å². The molecule has 0 amide bonds. The van der Waals surface area contributed by atoms with Gasteiger partial charge in [0.2, 0.25) is 0 Å². The molecule has 1 aromatic carbocycles. The van der Waals surface area contributed by atoms with Crippen molar-refractivity contribution < 1.29 is 9.90 Å². The zero-order chi connectivity index (χ0) is 12.3. The molecular weight excluding hydrogens is 254 g/mol. The second-order valence-corrected chi connectivity index (χ2v) is 5.25. The molecule has 1 heterocycles. The fourth-order valence-corrected chi connectivity index (χ4v) is 2.62. The van der Waals surface area contributed by atoms with E-state index in [1.165, 1.54) is 16.2 Å². The molecule has 3 nitrogen and oxygen atoms in total. The van der Waals surface area contributed by atoms with Crippen LogP contribution >= 0.6 is 23.1 Å². The third-order valence-corrected chi connectivity index (χ3v) is 3.83. The standard InChI is InChI=1S/C12H11NO2S2/c1-16-9-4-2-8(3-5-9)10-7-17-11(13-10)6-12(14)15/h2-5,7H,6H2,1H3,(H,14,15). The SMILES string of the molecule is CSc1ccc(-c2csc(CC(=O)O)n2)cc1. The van der Waals surface area contributed by atoms with E-state index < -0.39 is 5.97 Å². The van der Waals surface area contributed by atoms with Gasteiger partial charge in [-0.3, -0.25) is 4.79 Å². The van der Waals surface area contributed by atoms with Crippen LogP contribution in [0.2, 0.25) is 0 Å². The van der Waals surface area contributed by atoms with Gasteiger partial charge in [-0.2, -0.15) is 0 Å². The summed E-state index contributed by atoms with van der Waals surface area (Å²) in [5, 5.41) is 11.2. The minimum Gasteiger partial charge on any atom is -0.481 e. The number of nitrogens with zero attached hydrogens (tertiary/aromatic N) is 1. The summed E-state index contributed by atoms with van der Waals surface area (Å²) in [6, 6.07) is 8.09. The highest BCUT2D eigenvalue weighted by molar-refractivity contribution is 7.98. The van der Waals surface area contributed by atoms with Gasteiger partial charge >= 0.3 is 5.97 Å². The first-order valence-electron chi connectivity index (χ1n) is 4.99. The highest BCUT2D eigenvalue weighted by Crippen LogP contribution is 2.24. The molecule has 1 aromatic heterocycles. The third-order valence-electron chi connectivity index (χ3n) is 2.24. The van der Waals surface area contributed by atoms with Crippen molar-refractivity contribution >= 4 is 29.1 Å². The summed E-state index contributed by atoms with van der Waals surface area (Å²) in [5.41, 5.74) is 1.87. The number of aromatic nitrogens is 1. The van der Waals surface area contributed by atoms with Crippen LogP contribution in [0, 0.1) is 0 Å². The highest BCUT2D eigenvalue weighted by Gasteiger charge is 2.07. The number of carbonyl (C=O) groups is 1. The van der Waals surface area contributed by atoms with Crippen molar-refractivity contribution in [3.63, 3.8) is 0 Å². The molecule has 17 heavy (non-hydrogen) atoms. The molecule has 2 aromatic rings. The van der Waals surface area contributed by atoms with Crippen LogP contribution in [-0.4, -0.2) is 22.3 Å². The van der Waals surface area contributed by atoms with E-state index in [0.29, 0.717) is 5.01 Å². The molecule has 0 atom stereocenters. The Kier molecular flexibility index (Phi) is 3.81. The lowest BCUT2D eigenvalue weighted by molar-refractivity contribution is -0.136. The van der Waals surface area contributed by atoms with Crippen molar-refractivity contribution in [1.82, 2.24) is 4.98 Å². The molecular formula is C12H11NO2S2. The smallest absolute Gasteiger partial charge is 0.310 e. The fraction of sp³-hybridized carbons (Fsp3) is 0.167. The van der Waals surface area contributed by atoms with Gasteiger partial charge in [0.05, 0.1) is 12.1 Å². The van der Waals surface area contributed by atoms with Crippen LogP contribution in [-0.2, 0) is 11.2 Å². The van der Waals surface area contributed by atoms with Gasteiger partial charge in [-0.25, -0.2) is 4.98 Å². The van der Waals surface area contributed by atoms with Gasteiger partial charge in [-0.05, 0) is 18.4 Å². The molecule has 2 rings (SSSR count). The van der Waals surface area contributed by atoms with Crippen molar-refractivity contribution in [2.24, 2.45) is 0 Å². The van der Waals surface area contributed by atoms with E-state index in [1.807, 2.05) is 35.9 Å². The van der Waals surface area contributed by atoms with Crippen LogP contribution in [0.15, 0.2) is 34.5 Å². The number of aliphatic carboxylic acids is 1. The number of hydrogen-bond acceptors (Lipinski definition) is 4. The molecule has 88 valence electrons. The second kappa shape index (κ2) is 5.33. The molecule has 0 saturated heterocycles. The Morgan fingerprint density at radius 1 is 1.41 bits per heavy atom. The Labute approximate surface area is 108 Å². The lowest BCUT2D eigenvalue weighted by Crippen LogP contribution is -1.99. The van der Waals surface area contributed by atoms with E-state index in [-0.39, 0.29) is 6.42 Å². The summed E-state index contributed by atoms with van der Waals surface area (Å²) >= 11 is 3.08. The first-order valence-corrected chi connectivity index (χ1v) is 7.10. The maximum Gasteiger partial charge on any atom is 0.310 e. The average molecular weight is 265 g/mol. The van der Waals surface area contributed by atoms with Gasteiger partial charge in [0.1, 0.15) is 5.01 Å². The molecule has 0 bridgehead atoms. The number of benzene rings is 1. The summed E-state index contributed by atoms with van der Waals surface area (Å²) in [6.07, 6.45) is 2.02. The number of hydrogen-bond donors (Lipinski definition) is 1. The van der Waals surface area contributed by atoms with Crippen LogP contribution in [0.5, 0.6) is 0 Å². The average Bonchev–Trinajstić information content (AvgIpc) is 2.77. The Hall–Kier alpha value is -1.33. The third kappa shape index (κ3) is 3.08. The highest BCUT2D eigenvalue weighted by atomic mass is 32.2. The number of carboxylic acids is 1. The molecule has 0 spiro atoms. The first-order chi connectivity index (χ1) is 8.19. The fourth-order valence-electron chi connectivity index (χ4n) is 1.42. The molecule has 0 aliphatic rings. The van der Waals surface area contributed by atoms with Crippen LogP contribution in [0.25, 0.3) is 11.3 Å². The Morgan fingerprint density at radius 2 is 2.12 bits per heavy atom. The van der Waals surface area contributed by atoms with E-state index in [1.54, 1.807) is 11.8 Å². The van der Waals surface area contributed by atoms with Gasteiger partial charge in [0, 0.05) is 15.8 Å². The predicted octanol–water partition coefficient (Wildman–Crippen LogP) is 3.16. The minimum atomic E-state index is -0.844. The van der Waals surface area contributed by atoms with E-state index >= 15 is 0 Å². The topological polar surface area (TPSA) is 50.2 Å². The quantitative estimate of drug-likeness (QED) is 0.863. The predicted molar refractivity (Wildman–Crippen MR) is 70.7 cm³/mol. The summed E-state index contributed by atoms with van der Waals surface area (Å²) in [4.78, 5) is 16.1. The zero-order valence-electron chi connectivity index (χ0n) is 9.21. The summed E-state index contributed by atoms with van der Waals surface area (Å²) in [6.45, 7) is 0. The Bertz CT molecular complexity index is 520. The normalized spacial score (nSPS) is 10.4. The largest absolute Gasteiger partial charge is 0.481 e. The maximum absolute atomic E-state index is 10.6. The Morgan fingerprint density at radius 3 is 2.71 bits per heavy atom. The van der Waals surface area contributed by atoms with Crippen LogP contribution < -0.4 is 0 Å². The lowest BCUT2D eigenvalue weighted by Gasteiger charge is -1.98. The monoisotopic (exact) mass is 265 g/mol. The molecule has 0 fully saturated rings. The van der Waals surface area contributed by atoms with Gasteiger partial charge < -0.3 is 5.11 Å². The van der Waals surface area contributed by atoms with E-state index in [4.69, 9.17) is 5.11 Å². The number of thioether (sulfide) groups is 1.